The molecule has 2 aromatic rings. The Morgan fingerprint density at radius 3 is 2.93 bits per heavy atom. The van der Waals surface area contributed by atoms with Crippen molar-refractivity contribution in [2.75, 3.05) is 5.73 Å². The van der Waals surface area contributed by atoms with Gasteiger partial charge in [-0.1, -0.05) is 0 Å². The number of aromatic nitrogens is 1. The monoisotopic (exact) mass is 206 g/mol. The van der Waals surface area contributed by atoms with Crippen molar-refractivity contribution >= 4 is 17.0 Å². The summed E-state index contributed by atoms with van der Waals surface area (Å²) in [5.41, 5.74) is 7.32. The minimum absolute atomic E-state index is 0.0228. The molecule has 0 aromatic carbocycles. The highest BCUT2D eigenvalue weighted by Crippen LogP contribution is 2.07. The van der Waals surface area contributed by atoms with E-state index in [4.69, 9.17) is 5.73 Å². The molecule has 0 saturated heterocycles. The van der Waals surface area contributed by atoms with Crippen LogP contribution in [-0.4, -0.2) is 4.57 Å². The number of hydrogen-bond acceptors (Lipinski definition) is 3. The van der Waals surface area contributed by atoms with Crippen molar-refractivity contribution in [3.05, 3.63) is 51.1 Å². The van der Waals surface area contributed by atoms with Crippen LogP contribution in [0.2, 0.25) is 0 Å². The van der Waals surface area contributed by atoms with Crippen molar-refractivity contribution in [2.45, 2.75) is 6.54 Å². The smallest absolute Gasteiger partial charge is 0.250 e. The average molecular weight is 206 g/mol. The summed E-state index contributed by atoms with van der Waals surface area (Å²) in [6, 6.07) is 5.11. The van der Waals surface area contributed by atoms with Gasteiger partial charge in [0.1, 0.15) is 0 Å². The molecular formula is C10H10N2OS. The van der Waals surface area contributed by atoms with Crippen LogP contribution >= 0.6 is 11.3 Å². The summed E-state index contributed by atoms with van der Waals surface area (Å²) in [5.74, 6) is 0. The highest BCUT2D eigenvalue weighted by Gasteiger charge is 1.98. The van der Waals surface area contributed by atoms with Crippen LogP contribution in [-0.2, 0) is 6.54 Å². The fourth-order valence-electron chi connectivity index (χ4n) is 1.25. The van der Waals surface area contributed by atoms with Gasteiger partial charge in [-0.3, -0.25) is 4.79 Å². The van der Waals surface area contributed by atoms with Gasteiger partial charge < -0.3 is 10.3 Å². The summed E-state index contributed by atoms with van der Waals surface area (Å²) >= 11 is 1.62. The van der Waals surface area contributed by atoms with Crippen molar-refractivity contribution in [1.29, 1.82) is 0 Å². The molecule has 2 aromatic heterocycles. The van der Waals surface area contributed by atoms with Crippen molar-refractivity contribution in [3.63, 3.8) is 0 Å². The molecule has 14 heavy (non-hydrogen) atoms. The summed E-state index contributed by atoms with van der Waals surface area (Å²) in [6.07, 6.45) is 1.67. The van der Waals surface area contributed by atoms with Crippen LogP contribution in [0.25, 0.3) is 0 Å². The zero-order valence-corrected chi connectivity index (χ0v) is 8.33. The quantitative estimate of drug-likeness (QED) is 0.810. The Labute approximate surface area is 85.4 Å². The summed E-state index contributed by atoms with van der Waals surface area (Å²) in [4.78, 5) is 11.4. The zero-order valence-electron chi connectivity index (χ0n) is 7.51. The molecule has 4 heteroatoms. The number of nitrogens with zero attached hydrogens (tertiary/aromatic N) is 1. The molecule has 0 aliphatic carbocycles. The van der Waals surface area contributed by atoms with Gasteiger partial charge in [-0.25, -0.2) is 0 Å². The van der Waals surface area contributed by atoms with E-state index in [1.165, 1.54) is 6.07 Å². The number of nitrogens with two attached hydrogens (primary N) is 1. The molecule has 0 fully saturated rings. The first kappa shape index (κ1) is 9.02. The van der Waals surface area contributed by atoms with Gasteiger partial charge in [0, 0.05) is 18.0 Å². The molecule has 0 bridgehead atoms. The van der Waals surface area contributed by atoms with Gasteiger partial charge in [-0.2, -0.15) is 11.3 Å². The molecule has 0 amide bonds. The van der Waals surface area contributed by atoms with Gasteiger partial charge >= 0.3 is 0 Å². The number of anilines is 1. The van der Waals surface area contributed by atoms with Crippen LogP contribution in [0, 0.1) is 0 Å². The summed E-state index contributed by atoms with van der Waals surface area (Å²) < 4.78 is 1.61. The minimum atomic E-state index is -0.0228. The Balaban J connectivity index is 2.33. The Bertz CT molecular complexity index is 473. The van der Waals surface area contributed by atoms with Gasteiger partial charge in [0.05, 0.1) is 6.54 Å². The SMILES string of the molecule is Nc1ccc(=O)n(Cc2ccsc2)c1. The summed E-state index contributed by atoms with van der Waals surface area (Å²) in [7, 11) is 0. The summed E-state index contributed by atoms with van der Waals surface area (Å²) in [5, 5.41) is 4.02. The molecule has 0 aliphatic rings. The van der Waals surface area contributed by atoms with Crippen LogP contribution in [0.4, 0.5) is 5.69 Å². The Morgan fingerprint density at radius 1 is 1.36 bits per heavy atom. The van der Waals surface area contributed by atoms with Gasteiger partial charge in [0.25, 0.3) is 5.56 Å². The molecule has 2 rings (SSSR count). The van der Waals surface area contributed by atoms with E-state index in [0.29, 0.717) is 12.2 Å². The van der Waals surface area contributed by atoms with Gasteiger partial charge in [-0.05, 0) is 28.5 Å². The molecule has 2 N–H and O–H groups in total. The predicted octanol–water partition coefficient (Wildman–Crippen LogP) is 1.54. The first-order valence-electron chi connectivity index (χ1n) is 4.23. The van der Waals surface area contributed by atoms with Crippen molar-refractivity contribution in [1.82, 2.24) is 4.57 Å². The third-order valence-corrected chi connectivity index (χ3v) is 2.67. The van der Waals surface area contributed by atoms with Crippen LogP contribution < -0.4 is 11.3 Å². The zero-order chi connectivity index (χ0) is 9.97. The maximum absolute atomic E-state index is 11.4. The average Bonchev–Trinajstić information content (AvgIpc) is 2.64. The van der Waals surface area contributed by atoms with Gasteiger partial charge in [0.15, 0.2) is 0 Å². The van der Waals surface area contributed by atoms with E-state index >= 15 is 0 Å². The van der Waals surface area contributed by atoms with E-state index in [1.54, 1.807) is 28.2 Å². The third kappa shape index (κ3) is 1.85. The Morgan fingerprint density at radius 2 is 2.21 bits per heavy atom. The lowest BCUT2D eigenvalue weighted by atomic mass is 10.3. The number of nitrogen functional groups attached to an aromatic ring is 1. The molecule has 72 valence electrons. The molecule has 0 radical (unpaired) electrons. The molecule has 0 aliphatic heterocycles. The molecule has 3 nitrogen and oxygen atoms in total. The lowest BCUT2D eigenvalue weighted by Crippen LogP contribution is -2.19. The Hall–Kier alpha value is -1.55. The minimum Gasteiger partial charge on any atom is -0.398 e. The lowest BCUT2D eigenvalue weighted by Gasteiger charge is -2.03. The number of pyridine rings is 1. The first-order valence-corrected chi connectivity index (χ1v) is 5.17. The maximum atomic E-state index is 11.4. The topological polar surface area (TPSA) is 48.0 Å². The van der Waals surface area contributed by atoms with Gasteiger partial charge in [0.2, 0.25) is 0 Å². The third-order valence-electron chi connectivity index (χ3n) is 1.94. The van der Waals surface area contributed by atoms with E-state index in [2.05, 4.69) is 0 Å². The van der Waals surface area contributed by atoms with E-state index in [1.807, 2.05) is 16.8 Å². The molecule has 0 spiro atoms. The second-order valence-electron chi connectivity index (χ2n) is 3.06. The standard InChI is InChI=1S/C10H10N2OS/c11-9-1-2-10(13)12(6-9)5-8-3-4-14-7-8/h1-4,6-7H,5,11H2. The van der Waals surface area contributed by atoms with E-state index in [-0.39, 0.29) is 5.56 Å². The van der Waals surface area contributed by atoms with Crippen LogP contribution in [0.1, 0.15) is 5.56 Å². The fraction of sp³-hybridized carbons (Fsp3) is 0.100. The fourth-order valence-corrected chi connectivity index (χ4v) is 1.91. The molecule has 0 unspecified atom stereocenters. The number of thiophene rings is 1. The van der Waals surface area contributed by atoms with Crippen molar-refractivity contribution < 1.29 is 0 Å². The van der Waals surface area contributed by atoms with Crippen LogP contribution in [0.3, 0.4) is 0 Å². The highest BCUT2D eigenvalue weighted by molar-refractivity contribution is 7.07. The Kier molecular flexibility index (Phi) is 2.37. The number of hydrogen-bond donors (Lipinski definition) is 1. The molecule has 2 heterocycles. The molecule has 0 atom stereocenters. The van der Waals surface area contributed by atoms with E-state index in [0.717, 1.165) is 5.56 Å². The number of rotatable bonds is 2. The second-order valence-corrected chi connectivity index (χ2v) is 3.84. The maximum Gasteiger partial charge on any atom is 0.250 e. The summed E-state index contributed by atoms with van der Waals surface area (Å²) in [6.45, 7) is 0.591. The van der Waals surface area contributed by atoms with Crippen molar-refractivity contribution in [3.8, 4) is 0 Å². The van der Waals surface area contributed by atoms with Crippen molar-refractivity contribution in [2.24, 2.45) is 0 Å². The second kappa shape index (κ2) is 3.67. The highest BCUT2D eigenvalue weighted by atomic mass is 32.1. The van der Waals surface area contributed by atoms with Gasteiger partial charge in [-0.15, -0.1) is 0 Å². The van der Waals surface area contributed by atoms with E-state index in [9.17, 15) is 4.79 Å². The molecule has 0 saturated carbocycles. The first-order chi connectivity index (χ1) is 6.75. The van der Waals surface area contributed by atoms with E-state index < -0.39 is 0 Å². The lowest BCUT2D eigenvalue weighted by molar-refractivity contribution is 0.764. The van der Waals surface area contributed by atoms with Crippen LogP contribution in [0.15, 0.2) is 40.0 Å². The largest absolute Gasteiger partial charge is 0.398 e. The molecular weight excluding hydrogens is 196 g/mol. The predicted molar refractivity (Wildman–Crippen MR) is 58.5 cm³/mol. The van der Waals surface area contributed by atoms with Crippen LogP contribution in [0.5, 0.6) is 0 Å². The normalized spacial score (nSPS) is 10.3.